The van der Waals surface area contributed by atoms with Crippen molar-refractivity contribution in [1.82, 2.24) is 9.47 Å². The lowest BCUT2D eigenvalue weighted by atomic mass is 10.1. The molecule has 0 atom stereocenters. The molecule has 0 bridgehead atoms. The van der Waals surface area contributed by atoms with Gasteiger partial charge >= 0.3 is 0 Å². The van der Waals surface area contributed by atoms with Crippen LogP contribution >= 0.6 is 0 Å². The van der Waals surface area contributed by atoms with Gasteiger partial charge in [-0.25, -0.2) is 0 Å². The van der Waals surface area contributed by atoms with E-state index in [1.54, 1.807) is 32.6 Å². The Hall–Kier alpha value is -3.28. The molecule has 0 saturated carbocycles. The van der Waals surface area contributed by atoms with Gasteiger partial charge in [0.05, 0.1) is 26.5 Å². The number of nitrogens with zero attached hydrogens (tertiary/aromatic N) is 2. The number of methoxy groups -OCH3 is 1. The van der Waals surface area contributed by atoms with Gasteiger partial charge in [-0.3, -0.25) is 9.59 Å². The van der Waals surface area contributed by atoms with Crippen molar-refractivity contribution in [2.45, 2.75) is 33.4 Å². The van der Waals surface area contributed by atoms with Crippen molar-refractivity contribution in [3.63, 3.8) is 0 Å². The molecule has 6 heteroatoms. The molecule has 1 amide bonds. The summed E-state index contributed by atoms with van der Waals surface area (Å²) < 4.78 is 12.8. The van der Waals surface area contributed by atoms with E-state index in [1.807, 2.05) is 42.7 Å². The van der Waals surface area contributed by atoms with Gasteiger partial charge in [0, 0.05) is 30.1 Å². The van der Waals surface area contributed by atoms with Crippen LogP contribution in [0.1, 0.15) is 40.0 Å². The van der Waals surface area contributed by atoms with E-state index in [-0.39, 0.29) is 16.9 Å². The van der Waals surface area contributed by atoms with E-state index in [0.29, 0.717) is 25.3 Å². The molecule has 3 aromatic rings. The van der Waals surface area contributed by atoms with Crippen molar-refractivity contribution in [2.24, 2.45) is 0 Å². The number of hydrogen-bond donors (Lipinski definition) is 0. The predicted molar refractivity (Wildman–Crippen MR) is 111 cm³/mol. The third-order valence-corrected chi connectivity index (χ3v) is 5.02. The quantitative estimate of drug-likeness (QED) is 0.614. The summed E-state index contributed by atoms with van der Waals surface area (Å²) in [5, 5.41) is 0. The number of carbonyl (C=O) groups excluding carboxylic acids is 1. The van der Waals surface area contributed by atoms with Gasteiger partial charge in [-0.15, -0.1) is 0 Å². The Morgan fingerprint density at radius 3 is 2.62 bits per heavy atom. The van der Waals surface area contributed by atoms with Gasteiger partial charge in [-0.2, -0.15) is 0 Å². The fraction of sp³-hybridized carbons (Fsp3) is 0.304. The van der Waals surface area contributed by atoms with Crippen LogP contribution in [0.3, 0.4) is 0 Å². The number of aryl methyl sites for hydroxylation is 1. The standard InChI is InChI=1S/C23H26N2O4/c1-5-19-22(23(27)24(3)15-18-10-8-12-29-18)20(26)13-16(2)25(19)14-17-9-6-7-11-21(17)28-4/h6-13H,5,14-15H2,1-4H3. The summed E-state index contributed by atoms with van der Waals surface area (Å²) in [6, 6.07) is 12.9. The van der Waals surface area contributed by atoms with Crippen LogP contribution < -0.4 is 10.2 Å². The van der Waals surface area contributed by atoms with Crippen molar-refractivity contribution >= 4 is 5.91 Å². The van der Waals surface area contributed by atoms with Gasteiger partial charge in [-0.05, 0) is 31.5 Å². The number of para-hydroxylation sites is 1. The topological polar surface area (TPSA) is 64.7 Å². The molecule has 2 heterocycles. The lowest BCUT2D eigenvalue weighted by molar-refractivity contribution is 0.0772. The minimum Gasteiger partial charge on any atom is -0.496 e. The Balaban J connectivity index is 2.03. The molecule has 0 aliphatic rings. The van der Waals surface area contributed by atoms with E-state index in [2.05, 4.69) is 0 Å². The molecule has 0 aliphatic heterocycles. The third-order valence-electron chi connectivity index (χ3n) is 5.02. The molecule has 0 fully saturated rings. The second kappa shape index (κ2) is 8.82. The second-order valence-electron chi connectivity index (χ2n) is 6.96. The lowest BCUT2D eigenvalue weighted by Crippen LogP contribution is -2.34. The summed E-state index contributed by atoms with van der Waals surface area (Å²) in [4.78, 5) is 27.5. The molecule has 29 heavy (non-hydrogen) atoms. The molecule has 0 N–H and O–H groups in total. The summed E-state index contributed by atoms with van der Waals surface area (Å²) in [7, 11) is 3.31. The van der Waals surface area contributed by atoms with Gasteiger partial charge in [0.2, 0.25) is 0 Å². The first-order valence-electron chi connectivity index (χ1n) is 9.59. The maximum atomic E-state index is 13.2. The van der Waals surface area contributed by atoms with Crippen molar-refractivity contribution in [3.05, 3.63) is 87.2 Å². The summed E-state index contributed by atoms with van der Waals surface area (Å²) in [5.41, 5.74) is 2.47. The molecule has 0 radical (unpaired) electrons. The highest BCUT2D eigenvalue weighted by Crippen LogP contribution is 2.21. The molecule has 0 saturated heterocycles. The first-order chi connectivity index (χ1) is 14.0. The number of rotatable bonds is 7. The highest BCUT2D eigenvalue weighted by atomic mass is 16.5. The average Bonchev–Trinajstić information content (AvgIpc) is 3.22. The zero-order chi connectivity index (χ0) is 21.0. The van der Waals surface area contributed by atoms with Crippen molar-refractivity contribution in [2.75, 3.05) is 14.2 Å². The normalized spacial score (nSPS) is 10.8. The van der Waals surface area contributed by atoms with Crippen molar-refractivity contribution in [1.29, 1.82) is 0 Å². The van der Waals surface area contributed by atoms with Crippen LogP contribution in [0.5, 0.6) is 5.75 Å². The van der Waals surface area contributed by atoms with E-state index in [1.165, 1.54) is 11.0 Å². The zero-order valence-electron chi connectivity index (χ0n) is 17.3. The van der Waals surface area contributed by atoms with Gasteiger partial charge in [0.1, 0.15) is 17.1 Å². The lowest BCUT2D eigenvalue weighted by Gasteiger charge is -2.22. The van der Waals surface area contributed by atoms with E-state index in [9.17, 15) is 9.59 Å². The van der Waals surface area contributed by atoms with Crippen LogP contribution in [-0.4, -0.2) is 29.5 Å². The number of benzene rings is 1. The predicted octanol–water partition coefficient (Wildman–Crippen LogP) is 3.64. The van der Waals surface area contributed by atoms with Crippen LogP contribution in [0, 0.1) is 6.92 Å². The second-order valence-corrected chi connectivity index (χ2v) is 6.96. The smallest absolute Gasteiger partial charge is 0.259 e. The number of pyridine rings is 1. The molecule has 2 aromatic heterocycles. The number of furan rings is 1. The largest absolute Gasteiger partial charge is 0.496 e. The molecular formula is C23H26N2O4. The minimum absolute atomic E-state index is 0.210. The first kappa shape index (κ1) is 20.5. The highest BCUT2D eigenvalue weighted by molar-refractivity contribution is 5.95. The monoisotopic (exact) mass is 394 g/mol. The molecule has 0 unspecified atom stereocenters. The van der Waals surface area contributed by atoms with Crippen LogP contribution in [0.2, 0.25) is 0 Å². The molecule has 152 valence electrons. The van der Waals surface area contributed by atoms with Crippen molar-refractivity contribution in [3.8, 4) is 5.75 Å². The van der Waals surface area contributed by atoms with Gasteiger partial charge in [-0.1, -0.05) is 25.1 Å². The number of carbonyl (C=O) groups is 1. The Labute approximate surface area is 170 Å². The number of amides is 1. The fourth-order valence-electron chi connectivity index (χ4n) is 3.55. The summed E-state index contributed by atoms with van der Waals surface area (Å²) in [6.07, 6.45) is 2.12. The van der Waals surface area contributed by atoms with Crippen LogP contribution in [0.4, 0.5) is 0 Å². The molecule has 6 nitrogen and oxygen atoms in total. The van der Waals surface area contributed by atoms with Crippen LogP contribution in [-0.2, 0) is 19.5 Å². The maximum absolute atomic E-state index is 13.2. The summed E-state index contributed by atoms with van der Waals surface area (Å²) >= 11 is 0. The molecule has 0 spiro atoms. The van der Waals surface area contributed by atoms with E-state index >= 15 is 0 Å². The fourth-order valence-corrected chi connectivity index (χ4v) is 3.55. The van der Waals surface area contributed by atoms with E-state index in [4.69, 9.17) is 9.15 Å². The van der Waals surface area contributed by atoms with E-state index in [0.717, 1.165) is 22.7 Å². The Morgan fingerprint density at radius 2 is 1.97 bits per heavy atom. The number of aromatic nitrogens is 1. The zero-order valence-corrected chi connectivity index (χ0v) is 17.3. The molecule has 0 aliphatic carbocycles. The minimum atomic E-state index is -0.308. The Morgan fingerprint density at radius 1 is 1.21 bits per heavy atom. The first-order valence-corrected chi connectivity index (χ1v) is 9.59. The van der Waals surface area contributed by atoms with Gasteiger partial charge < -0.3 is 18.6 Å². The molecule has 1 aromatic carbocycles. The molecule has 3 rings (SSSR count). The summed E-state index contributed by atoms with van der Waals surface area (Å²) in [5.74, 6) is 1.13. The summed E-state index contributed by atoms with van der Waals surface area (Å²) in [6.45, 7) is 4.66. The Bertz CT molecular complexity index is 1050. The van der Waals surface area contributed by atoms with Gasteiger partial charge in [0.15, 0.2) is 5.43 Å². The SMILES string of the molecule is CCc1c(C(=O)N(C)Cc2ccco2)c(=O)cc(C)n1Cc1ccccc1OC. The van der Waals surface area contributed by atoms with Gasteiger partial charge in [0.25, 0.3) is 5.91 Å². The number of ether oxygens (including phenoxy) is 1. The molecular weight excluding hydrogens is 368 g/mol. The Kier molecular flexibility index (Phi) is 6.22. The highest BCUT2D eigenvalue weighted by Gasteiger charge is 2.23. The third kappa shape index (κ3) is 4.26. The average molecular weight is 394 g/mol. The number of hydrogen-bond acceptors (Lipinski definition) is 4. The van der Waals surface area contributed by atoms with Crippen LogP contribution in [0.25, 0.3) is 0 Å². The van der Waals surface area contributed by atoms with Crippen molar-refractivity contribution < 1.29 is 13.9 Å². The van der Waals surface area contributed by atoms with Crippen LogP contribution in [0.15, 0.2) is 57.9 Å². The maximum Gasteiger partial charge on any atom is 0.259 e. The van der Waals surface area contributed by atoms with E-state index < -0.39 is 0 Å².